The molecule has 6 heteroatoms. The average molecular weight is 232 g/mol. The van der Waals surface area contributed by atoms with E-state index < -0.39 is 11.9 Å². The Hall–Kier alpha value is -1.14. The summed E-state index contributed by atoms with van der Waals surface area (Å²) in [5, 5.41) is 15.8. The molecule has 0 aromatic carbocycles. The van der Waals surface area contributed by atoms with Gasteiger partial charge in [0, 0.05) is 0 Å². The molecule has 6 N–H and O–H groups in total. The number of carboxylic acid groups (broad SMARTS) is 2. The molecule has 1 fully saturated rings. The fourth-order valence-corrected chi connectivity index (χ4v) is 1.42. The van der Waals surface area contributed by atoms with Gasteiger partial charge in [0.05, 0.1) is 18.5 Å². The van der Waals surface area contributed by atoms with Gasteiger partial charge in [0.25, 0.3) is 0 Å². The van der Waals surface area contributed by atoms with Gasteiger partial charge in [0.1, 0.15) is 0 Å². The summed E-state index contributed by atoms with van der Waals surface area (Å²) in [5.41, 5.74) is 11.0. The summed E-state index contributed by atoms with van der Waals surface area (Å²) in [5.74, 6) is -2.15. The summed E-state index contributed by atoms with van der Waals surface area (Å²) < 4.78 is 0. The van der Waals surface area contributed by atoms with Crippen LogP contribution >= 0.6 is 0 Å². The number of carboxylic acids is 2. The first kappa shape index (κ1) is 14.9. The molecule has 94 valence electrons. The van der Waals surface area contributed by atoms with E-state index in [1.54, 1.807) is 0 Å². The summed E-state index contributed by atoms with van der Waals surface area (Å²) in [6, 6.07) is 0. The van der Waals surface area contributed by atoms with Gasteiger partial charge < -0.3 is 21.7 Å². The molecule has 1 saturated carbocycles. The molecule has 0 saturated heterocycles. The molecule has 6 nitrogen and oxygen atoms in total. The van der Waals surface area contributed by atoms with Gasteiger partial charge in [0.2, 0.25) is 0 Å². The zero-order chi connectivity index (χ0) is 12.6. The van der Waals surface area contributed by atoms with Crippen molar-refractivity contribution in [3.8, 4) is 0 Å². The lowest BCUT2D eigenvalue weighted by Gasteiger charge is -2.28. The van der Waals surface area contributed by atoms with Gasteiger partial charge in [-0.25, -0.2) is 0 Å². The van der Waals surface area contributed by atoms with Crippen molar-refractivity contribution in [2.75, 3.05) is 0 Å². The van der Waals surface area contributed by atoms with E-state index in [2.05, 4.69) is 0 Å². The number of rotatable bonds is 3. The van der Waals surface area contributed by atoms with Crippen molar-refractivity contribution < 1.29 is 19.8 Å². The maximum absolute atomic E-state index is 9.64. The van der Waals surface area contributed by atoms with Gasteiger partial charge in [-0.3, -0.25) is 9.59 Å². The van der Waals surface area contributed by atoms with Crippen molar-refractivity contribution in [1.82, 2.24) is 0 Å². The van der Waals surface area contributed by atoms with Crippen LogP contribution in [0.25, 0.3) is 0 Å². The Balaban J connectivity index is 0.000000281. The molecular formula is C10H20N2O4. The van der Waals surface area contributed by atoms with Crippen LogP contribution in [0.4, 0.5) is 0 Å². The largest absolute Gasteiger partial charge is 0.481 e. The highest BCUT2D eigenvalue weighted by atomic mass is 16.4. The predicted octanol–water partition coefficient (Wildman–Crippen LogP) is 0.500. The molecule has 0 radical (unpaired) electrons. The quantitative estimate of drug-likeness (QED) is 0.525. The monoisotopic (exact) mass is 232 g/mol. The highest BCUT2D eigenvalue weighted by Gasteiger charge is 2.21. The Morgan fingerprint density at radius 3 is 1.50 bits per heavy atom. The zero-order valence-electron chi connectivity index (χ0n) is 9.32. The van der Waals surface area contributed by atoms with Crippen LogP contribution in [-0.4, -0.2) is 27.8 Å². The molecule has 0 heterocycles. The first-order valence-corrected chi connectivity index (χ1v) is 5.35. The third-order valence-corrected chi connectivity index (χ3v) is 2.34. The third-order valence-electron chi connectivity index (χ3n) is 2.34. The third kappa shape index (κ3) is 9.42. The van der Waals surface area contributed by atoms with Gasteiger partial charge in [-0.05, 0) is 12.8 Å². The van der Waals surface area contributed by atoms with Gasteiger partial charge in [0.15, 0.2) is 0 Å². The fourth-order valence-electron chi connectivity index (χ4n) is 1.42. The number of nitrogens with two attached hydrogens (primary N) is 2. The first-order chi connectivity index (χ1) is 7.33. The van der Waals surface area contributed by atoms with Crippen LogP contribution in [0.2, 0.25) is 0 Å². The predicted molar refractivity (Wildman–Crippen MR) is 58.7 cm³/mol. The van der Waals surface area contributed by atoms with Crippen LogP contribution in [0.5, 0.6) is 0 Å². The summed E-state index contributed by atoms with van der Waals surface area (Å²) in [4.78, 5) is 19.3. The van der Waals surface area contributed by atoms with E-state index in [1.807, 2.05) is 0 Å². The van der Waals surface area contributed by atoms with Crippen LogP contribution < -0.4 is 11.5 Å². The first-order valence-electron chi connectivity index (χ1n) is 5.35. The smallest absolute Gasteiger partial charge is 0.303 e. The number of hydrogen-bond donors (Lipinski definition) is 4. The standard InChI is InChI=1S/C6H14N2.C4H6O4/c7-6(8)4-2-1-3-5-6;5-3(6)1-2-4(7)8/h1-5,7-8H2;1-2H2,(H,5,6)(H,7,8). The topological polar surface area (TPSA) is 127 Å². The Morgan fingerprint density at radius 2 is 1.31 bits per heavy atom. The Morgan fingerprint density at radius 1 is 0.938 bits per heavy atom. The maximum atomic E-state index is 9.64. The van der Waals surface area contributed by atoms with Crippen molar-refractivity contribution in [3.63, 3.8) is 0 Å². The van der Waals surface area contributed by atoms with E-state index in [1.165, 1.54) is 19.3 Å². The number of aliphatic carboxylic acids is 2. The molecule has 0 amide bonds. The van der Waals surface area contributed by atoms with E-state index in [0.29, 0.717) is 0 Å². The molecule has 0 aromatic heterocycles. The molecule has 0 spiro atoms. The Labute approximate surface area is 94.6 Å². The van der Waals surface area contributed by atoms with Crippen LogP contribution in [0.15, 0.2) is 0 Å². The lowest BCUT2D eigenvalue weighted by atomic mass is 9.91. The SMILES string of the molecule is NC1(N)CCCCC1.O=C(O)CCC(=O)O. The van der Waals surface area contributed by atoms with Crippen molar-refractivity contribution >= 4 is 11.9 Å². The van der Waals surface area contributed by atoms with Crippen LogP contribution in [0, 0.1) is 0 Å². The van der Waals surface area contributed by atoms with E-state index >= 15 is 0 Å². The lowest BCUT2D eigenvalue weighted by Crippen LogP contribution is -2.50. The molecule has 0 unspecified atom stereocenters. The van der Waals surface area contributed by atoms with Crippen molar-refractivity contribution in [1.29, 1.82) is 0 Å². The number of carbonyl (C=O) groups is 2. The molecule has 1 rings (SSSR count). The summed E-state index contributed by atoms with van der Waals surface area (Å²) in [6.07, 6.45) is 5.17. The minimum absolute atomic E-state index is 0.296. The highest BCUT2D eigenvalue weighted by molar-refractivity contribution is 5.75. The highest BCUT2D eigenvalue weighted by Crippen LogP contribution is 2.20. The summed E-state index contributed by atoms with van der Waals surface area (Å²) in [7, 11) is 0. The normalized spacial score (nSPS) is 18.1. The average Bonchev–Trinajstić information content (AvgIpc) is 2.15. The van der Waals surface area contributed by atoms with E-state index in [9.17, 15) is 9.59 Å². The molecule has 16 heavy (non-hydrogen) atoms. The molecule has 1 aliphatic carbocycles. The van der Waals surface area contributed by atoms with E-state index in [4.69, 9.17) is 21.7 Å². The van der Waals surface area contributed by atoms with Gasteiger partial charge >= 0.3 is 11.9 Å². The van der Waals surface area contributed by atoms with Gasteiger partial charge in [-0.2, -0.15) is 0 Å². The summed E-state index contributed by atoms with van der Waals surface area (Å²) >= 11 is 0. The molecular weight excluding hydrogens is 212 g/mol. The minimum atomic E-state index is -1.08. The van der Waals surface area contributed by atoms with Crippen molar-refractivity contribution in [2.45, 2.75) is 50.6 Å². The molecule has 1 aliphatic rings. The van der Waals surface area contributed by atoms with Gasteiger partial charge in [-0.1, -0.05) is 19.3 Å². The summed E-state index contributed by atoms with van der Waals surface area (Å²) in [6.45, 7) is 0. The van der Waals surface area contributed by atoms with Crippen LogP contribution in [0.1, 0.15) is 44.9 Å². The Bertz CT molecular complexity index is 219. The van der Waals surface area contributed by atoms with E-state index in [0.717, 1.165) is 12.8 Å². The Kier molecular flexibility index (Phi) is 6.67. The second-order valence-corrected chi connectivity index (χ2v) is 4.08. The van der Waals surface area contributed by atoms with Gasteiger partial charge in [-0.15, -0.1) is 0 Å². The second-order valence-electron chi connectivity index (χ2n) is 4.08. The van der Waals surface area contributed by atoms with Crippen molar-refractivity contribution in [2.24, 2.45) is 11.5 Å². The molecule has 0 aliphatic heterocycles. The van der Waals surface area contributed by atoms with Crippen molar-refractivity contribution in [3.05, 3.63) is 0 Å². The number of hydrogen-bond acceptors (Lipinski definition) is 4. The molecule has 0 bridgehead atoms. The lowest BCUT2D eigenvalue weighted by molar-refractivity contribution is -0.143. The van der Waals surface area contributed by atoms with E-state index in [-0.39, 0.29) is 18.5 Å². The fraction of sp³-hybridized carbons (Fsp3) is 0.800. The molecule has 0 aromatic rings. The second kappa shape index (κ2) is 7.19. The molecule has 0 atom stereocenters. The minimum Gasteiger partial charge on any atom is -0.481 e. The van der Waals surface area contributed by atoms with Crippen LogP contribution in [0.3, 0.4) is 0 Å². The van der Waals surface area contributed by atoms with Crippen LogP contribution in [-0.2, 0) is 9.59 Å². The zero-order valence-corrected chi connectivity index (χ0v) is 9.32. The maximum Gasteiger partial charge on any atom is 0.303 e.